The predicted molar refractivity (Wildman–Crippen MR) is 81.6 cm³/mol. The van der Waals surface area contributed by atoms with Gasteiger partial charge in [-0.3, -0.25) is 0 Å². The Kier molecular flexibility index (Phi) is 4.03. The number of nitrogens with zero attached hydrogens (tertiary/aromatic N) is 2. The molecule has 5 heteroatoms. The lowest BCUT2D eigenvalue weighted by molar-refractivity contribution is 0.474. The van der Waals surface area contributed by atoms with Crippen molar-refractivity contribution in [3.63, 3.8) is 0 Å². The normalized spacial score (nSPS) is 10.8. The summed E-state index contributed by atoms with van der Waals surface area (Å²) in [6, 6.07) is 7.30. The minimum Gasteiger partial charge on any atom is -0.507 e. The van der Waals surface area contributed by atoms with Gasteiger partial charge in [-0.05, 0) is 37.6 Å². The molecule has 0 aliphatic rings. The van der Waals surface area contributed by atoms with Gasteiger partial charge in [0.15, 0.2) is 0 Å². The van der Waals surface area contributed by atoms with Crippen molar-refractivity contribution in [1.29, 1.82) is 5.26 Å². The summed E-state index contributed by atoms with van der Waals surface area (Å²) in [5.41, 5.74) is 2.19. The molecule has 96 valence electrons. The quantitative estimate of drug-likeness (QED) is 0.824. The zero-order chi connectivity index (χ0) is 14.0. The fourth-order valence-electron chi connectivity index (χ4n) is 1.59. The van der Waals surface area contributed by atoms with Crippen molar-refractivity contribution in [3.8, 4) is 11.8 Å². The van der Waals surface area contributed by atoms with Crippen LogP contribution >= 0.6 is 27.3 Å². The Morgan fingerprint density at radius 1 is 1.42 bits per heavy atom. The minimum absolute atomic E-state index is 0.162. The van der Waals surface area contributed by atoms with Gasteiger partial charge in [-0.2, -0.15) is 5.26 Å². The van der Waals surface area contributed by atoms with Crippen molar-refractivity contribution >= 4 is 38.5 Å². The van der Waals surface area contributed by atoms with Crippen LogP contribution in [0.25, 0.3) is 0 Å². The number of phenols is 1. The summed E-state index contributed by atoms with van der Waals surface area (Å²) in [5.74, 6) is 0.162. The lowest BCUT2D eigenvalue weighted by Gasteiger charge is -1.98. The van der Waals surface area contributed by atoms with Crippen molar-refractivity contribution in [2.75, 3.05) is 0 Å². The third kappa shape index (κ3) is 2.86. The Hall–Kier alpha value is -1.64. The van der Waals surface area contributed by atoms with Crippen molar-refractivity contribution in [1.82, 2.24) is 0 Å². The van der Waals surface area contributed by atoms with Gasteiger partial charge in [-0.1, -0.05) is 15.9 Å². The Labute approximate surface area is 124 Å². The van der Waals surface area contributed by atoms with E-state index in [1.54, 1.807) is 24.4 Å². The molecular weight excluding hydrogens is 324 g/mol. The molecule has 2 aromatic rings. The van der Waals surface area contributed by atoms with E-state index in [-0.39, 0.29) is 5.75 Å². The number of thiophene rings is 1. The van der Waals surface area contributed by atoms with E-state index in [4.69, 9.17) is 5.26 Å². The standard InChI is InChI=1S/C14H11BrN2OS/c1-8-9(2)19-14(12(8)6-16)17-7-10-5-11(15)3-4-13(10)18/h3-5,7,18H,1-2H3/b17-7+. The number of aromatic hydroxyl groups is 1. The fourth-order valence-corrected chi connectivity index (χ4v) is 2.92. The van der Waals surface area contributed by atoms with Crippen LogP contribution in [0.5, 0.6) is 5.75 Å². The van der Waals surface area contributed by atoms with Crippen LogP contribution in [-0.2, 0) is 0 Å². The molecule has 0 fully saturated rings. The summed E-state index contributed by atoms with van der Waals surface area (Å²) < 4.78 is 0.866. The molecule has 0 saturated carbocycles. The Balaban J connectivity index is 2.41. The molecule has 0 aliphatic heterocycles. The van der Waals surface area contributed by atoms with Gasteiger partial charge < -0.3 is 5.11 Å². The highest BCUT2D eigenvalue weighted by Crippen LogP contribution is 2.34. The molecule has 0 amide bonds. The van der Waals surface area contributed by atoms with Gasteiger partial charge >= 0.3 is 0 Å². The first-order chi connectivity index (χ1) is 9.02. The molecule has 0 atom stereocenters. The molecule has 1 aromatic carbocycles. The van der Waals surface area contributed by atoms with Gasteiger partial charge in [0.2, 0.25) is 0 Å². The zero-order valence-corrected chi connectivity index (χ0v) is 12.8. The summed E-state index contributed by atoms with van der Waals surface area (Å²) in [7, 11) is 0. The van der Waals surface area contributed by atoms with Gasteiger partial charge in [0.1, 0.15) is 16.8 Å². The molecule has 0 saturated heterocycles. The Bertz CT molecular complexity index is 698. The van der Waals surface area contributed by atoms with E-state index in [9.17, 15) is 5.11 Å². The van der Waals surface area contributed by atoms with E-state index in [1.165, 1.54) is 11.3 Å². The molecule has 0 radical (unpaired) electrons. The number of aliphatic imine (C=N–C) groups is 1. The lowest BCUT2D eigenvalue weighted by Crippen LogP contribution is -1.82. The highest BCUT2D eigenvalue weighted by atomic mass is 79.9. The summed E-state index contributed by atoms with van der Waals surface area (Å²) in [4.78, 5) is 5.41. The number of phenolic OH excluding ortho intramolecular Hbond substituents is 1. The van der Waals surface area contributed by atoms with Gasteiger partial charge in [0, 0.05) is 21.1 Å². The predicted octanol–water partition coefficient (Wildman–Crippen LogP) is 4.46. The third-order valence-electron chi connectivity index (χ3n) is 2.79. The molecule has 1 N–H and O–H groups in total. The first-order valence-corrected chi connectivity index (χ1v) is 7.16. The molecule has 19 heavy (non-hydrogen) atoms. The zero-order valence-electron chi connectivity index (χ0n) is 10.4. The van der Waals surface area contributed by atoms with Crippen LogP contribution in [0.1, 0.15) is 21.6 Å². The second kappa shape index (κ2) is 5.55. The Morgan fingerprint density at radius 2 is 2.16 bits per heavy atom. The fraction of sp³-hybridized carbons (Fsp3) is 0.143. The average Bonchev–Trinajstić information content (AvgIpc) is 2.66. The van der Waals surface area contributed by atoms with E-state index < -0.39 is 0 Å². The second-order valence-electron chi connectivity index (χ2n) is 4.04. The summed E-state index contributed by atoms with van der Waals surface area (Å²) in [6.07, 6.45) is 1.58. The third-order valence-corrected chi connectivity index (χ3v) is 4.40. The number of nitriles is 1. The van der Waals surface area contributed by atoms with E-state index in [1.807, 2.05) is 13.8 Å². The van der Waals surface area contributed by atoms with Crippen molar-refractivity contribution in [2.45, 2.75) is 13.8 Å². The van der Waals surface area contributed by atoms with E-state index in [0.717, 1.165) is 14.9 Å². The maximum Gasteiger partial charge on any atom is 0.134 e. The van der Waals surface area contributed by atoms with Crippen LogP contribution in [0.4, 0.5) is 5.00 Å². The van der Waals surface area contributed by atoms with Gasteiger partial charge in [-0.15, -0.1) is 11.3 Å². The van der Waals surface area contributed by atoms with Gasteiger partial charge in [-0.25, -0.2) is 4.99 Å². The maximum absolute atomic E-state index is 9.73. The van der Waals surface area contributed by atoms with Crippen LogP contribution in [0.15, 0.2) is 27.7 Å². The average molecular weight is 335 g/mol. The highest BCUT2D eigenvalue weighted by Gasteiger charge is 2.11. The van der Waals surface area contributed by atoms with Crippen LogP contribution in [-0.4, -0.2) is 11.3 Å². The molecule has 2 rings (SSSR count). The van der Waals surface area contributed by atoms with Crippen LogP contribution in [0.3, 0.4) is 0 Å². The molecule has 0 bridgehead atoms. The first-order valence-electron chi connectivity index (χ1n) is 5.55. The lowest BCUT2D eigenvalue weighted by atomic mass is 10.2. The van der Waals surface area contributed by atoms with Crippen molar-refractivity contribution in [2.24, 2.45) is 4.99 Å². The number of hydrogen-bond acceptors (Lipinski definition) is 4. The smallest absolute Gasteiger partial charge is 0.134 e. The molecule has 0 spiro atoms. The summed E-state index contributed by atoms with van der Waals surface area (Å²) >= 11 is 4.82. The Morgan fingerprint density at radius 3 is 2.84 bits per heavy atom. The monoisotopic (exact) mass is 334 g/mol. The molecule has 0 unspecified atom stereocenters. The number of rotatable bonds is 2. The number of halogens is 1. The molecule has 1 aromatic heterocycles. The van der Waals surface area contributed by atoms with Gasteiger partial charge in [0.05, 0.1) is 5.56 Å². The van der Waals surface area contributed by atoms with E-state index >= 15 is 0 Å². The second-order valence-corrected chi connectivity index (χ2v) is 6.16. The highest BCUT2D eigenvalue weighted by molar-refractivity contribution is 9.10. The maximum atomic E-state index is 9.73. The number of benzene rings is 1. The van der Waals surface area contributed by atoms with E-state index in [0.29, 0.717) is 16.1 Å². The van der Waals surface area contributed by atoms with E-state index in [2.05, 4.69) is 27.0 Å². The van der Waals surface area contributed by atoms with Crippen LogP contribution in [0.2, 0.25) is 0 Å². The topological polar surface area (TPSA) is 56.4 Å². The van der Waals surface area contributed by atoms with Crippen molar-refractivity contribution < 1.29 is 5.11 Å². The molecule has 0 aliphatic carbocycles. The summed E-state index contributed by atoms with van der Waals surface area (Å²) in [5, 5.41) is 19.5. The first kappa shape index (κ1) is 13.8. The van der Waals surface area contributed by atoms with Crippen molar-refractivity contribution in [3.05, 3.63) is 44.2 Å². The van der Waals surface area contributed by atoms with Gasteiger partial charge in [0.25, 0.3) is 0 Å². The van der Waals surface area contributed by atoms with Crippen LogP contribution < -0.4 is 0 Å². The number of aryl methyl sites for hydroxylation is 1. The van der Waals surface area contributed by atoms with Crippen LogP contribution in [0, 0.1) is 25.2 Å². The largest absolute Gasteiger partial charge is 0.507 e. The molecular formula is C14H11BrN2OS. The number of hydrogen-bond donors (Lipinski definition) is 1. The summed E-state index contributed by atoms with van der Waals surface area (Å²) in [6.45, 7) is 3.89. The minimum atomic E-state index is 0.162. The SMILES string of the molecule is Cc1sc(/N=C/c2cc(Br)ccc2O)c(C#N)c1C. The molecule has 3 nitrogen and oxygen atoms in total. The molecule has 1 heterocycles.